The van der Waals surface area contributed by atoms with Gasteiger partial charge in [-0.1, -0.05) is 0 Å². The summed E-state index contributed by atoms with van der Waals surface area (Å²) in [6.45, 7) is 2.11. The number of anilines is 1. The maximum absolute atomic E-state index is 12.8. The van der Waals surface area contributed by atoms with Crippen LogP contribution in [0.1, 0.15) is 26.2 Å². The molecule has 1 unspecified atom stereocenters. The number of likely N-dealkylation sites (tertiary alicyclic amines) is 1. The maximum atomic E-state index is 12.8. The zero-order chi connectivity index (χ0) is 18.4. The van der Waals surface area contributed by atoms with Crippen LogP contribution in [-0.4, -0.2) is 51.4 Å². The molecule has 2 atom stereocenters. The quantitative estimate of drug-likeness (QED) is 0.805. The summed E-state index contributed by atoms with van der Waals surface area (Å²) in [5.74, 6) is -1.88. The Morgan fingerprint density at radius 1 is 1.32 bits per heavy atom. The first-order valence-corrected chi connectivity index (χ1v) is 9.13. The van der Waals surface area contributed by atoms with E-state index in [9.17, 15) is 23.9 Å². The van der Waals surface area contributed by atoms with E-state index in [0.29, 0.717) is 18.7 Å². The Bertz CT molecular complexity index is 638. The van der Waals surface area contributed by atoms with Crippen molar-refractivity contribution in [1.82, 2.24) is 4.90 Å². The number of aliphatic carboxylic acids is 1. The first-order chi connectivity index (χ1) is 11.9. The highest BCUT2D eigenvalue weighted by Crippen LogP contribution is 2.22. The molecular formula is C17H21FN2O4S. The number of halogens is 1. The summed E-state index contributed by atoms with van der Waals surface area (Å²) in [5, 5.41) is 11.4. The number of nitrogens with one attached hydrogen (secondary N) is 1. The highest BCUT2D eigenvalue weighted by molar-refractivity contribution is 8.01. The van der Waals surface area contributed by atoms with Gasteiger partial charge < -0.3 is 15.3 Å². The number of carbonyl (C=O) groups excluding carboxylic acids is 2. The second kappa shape index (κ2) is 8.84. The lowest BCUT2D eigenvalue weighted by molar-refractivity contribution is -0.151. The van der Waals surface area contributed by atoms with Gasteiger partial charge in [0.1, 0.15) is 11.9 Å². The summed E-state index contributed by atoms with van der Waals surface area (Å²) in [7, 11) is 0. The smallest absolute Gasteiger partial charge is 0.326 e. The van der Waals surface area contributed by atoms with Crippen LogP contribution in [0.15, 0.2) is 24.3 Å². The van der Waals surface area contributed by atoms with Crippen LogP contribution in [0.3, 0.4) is 0 Å². The molecule has 2 N–H and O–H groups in total. The molecule has 2 amide bonds. The fourth-order valence-electron chi connectivity index (χ4n) is 2.69. The molecule has 1 saturated heterocycles. The third-order valence-corrected chi connectivity index (χ3v) is 5.14. The fraction of sp³-hybridized carbons (Fsp3) is 0.471. The Hall–Kier alpha value is -2.09. The minimum absolute atomic E-state index is 0.0514. The summed E-state index contributed by atoms with van der Waals surface area (Å²) in [6, 6.07) is 4.63. The van der Waals surface area contributed by atoms with E-state index >= 15 is 0 Å². The zero-order valence-corrected chi connectivity index (χ0v) is 14.7. The number of hydrogen-bond donors (Lipinski definition) is 2. The topological polar surface area (TPSA) is 86.7 Å². The molecule has 0 aliphatic carbocycles. The van der Waals surface area contributed by atoms with Gasteiger partial charge in [-0.15, -0.1) is 11.8 Å². The Morgan fingerprint density at radius 2 is 2.00 bits per heavy atom. The summed E-state index contributed by atoms with van der Waals surface area (Å²) in [6.07, 6.45) is 2.05. The van der Waals surface area contributed by atoms with Gasteiger partial charge in [0.2, 0.25) is 11.8 Å². The standard InChI is InChI=1S/C17H21FN2O4S/c1-11(16(22)20-9-3-2-4-14(20)17(23)24)25-10-15(21)19-13-7-5-12(18)6-8-13/h5-8,11,14H,2-4,9-10H2,1H3,(H,19,21)(H,23,24)/t11?,14-/m1/s1. The fourth-order valence-corrected chi connectivity index (χ4v) is 3.44. The van der Waals surface area contributed by atoms with Crippen molar-refractivity contribution in [2.75, 3.05) is 17.6 Å². The molecule has 1 aromatic carbocycles. The monoisotopic (exact) mass is 368 g/mol. The molecule has 1 aliphatic rings. The van der Waals surface area contributed by atoms with Crippen LogP contribution in [0.2, 0.25) is 0 Å². The lowest BCUT2D eigenvalue weighted by atomic mass is 10.0. The van der Waals surface area contributed by atoms with E-state index in [-0.39, 0.29) is 23.4 Å². The van der Waals surface area contributed by atoms with Gasteiger partial charge in [0, 0.05) is 12.2 Å². The van der Waals surface area contributed by atoms with E-state index in [1.54, 1.807) is 6.92 Å². The molecule has 0 aromatic heterocycles. The predicted molar refractivity (Wildman–Crippen MR) is 93.9 cm³/mol. The van der Waals surface area contributed by atoms with E-state index in [1.807, 2.05) is 0 Å². The molecule has 0 bridgehead atoms. The number of carboxylic acid groups (broad SMARTS) is 1. The third-order valence-electron chi connectivity index (χ3n) is 4.01. The van der Waals surface area contributed by atoms with E-state index in [0.717, 1.165) is 24.6 Å². The van der Waals surface area contributed by atoms with Crippen molar-refractivity contribution in [3.8, 4) is 0 Å². The molecular weight excluding hydrogens is 347 g/mol. The number of rotatable bonds is 6. The number of thioether (sulfide) groups is 1. The first-order valence-electron chi connectivity index (χ1n) is 8.09. The minimum atomic E-state index is -0.987. The average molecular weight is 368 g/mol. The lowest BCUT2D eigenvalue weighted by Crippen LogP contribution is -2.50. The van der Waals surface area contributed by atoms with E-state index in [4.69, 9.17) is 0 Å². The molecule has 1 fully saturated rings. The van der Waals surface area contributed by atoms with Crippen molar-refractivity contribution in [1.29, 1.82) is 0 Å². The van der Waals surface area contributed by atoms with Crippen LogP contribution in [0, 0.1) is 5.82 Å². The third kappa shape index (κ3) is 5.45. The molecule has 6 nitrogen and oxygen atoms in total. The normalized spacial score (nSPS) is 18.5. The number of carboxylic acids is 1. The van der Waals surface area contributed by atoms with Crippen molar-refractivity contribution < 1.29 is 23.9 Å². The molecule has 0 saturated carbocycles. The molecule has 1 aromatic rings. The Kier molecular flexibility index (Phi) is 6.81. The molecule has 8 heteroatoms. The Labute approximate surface area is 149 Å². The van der Waals surface area contributed by atoms with Crippen LogP contribution >= 0.6 is 11.8 Å². The molecule has 25 heavy (non-hydrogen) atoms. The second-order valence-corrected chi connectivity index (χ2v) is 7.22. The molecule has 1 heterocycles. The summed E-state index contributed by atoms with van der Waals surface area (Å²) < 4.78 is 12.8. The lowest BCUT2D eigenvalue weighted by Gasteiger charge is -2.34. The minimum Gasteiger partial charge on any atom is -0.480 e. The van der Waals surface area contributed by atoms with E-state index < -0.39 is 17.3 Å². The summed E-state index contributed by atoms with van der Waals surface area (Å²) in [4.78, 5) is 37.1. The van der Waals surface area contributed by atoms with Gasteiger partial charge in [-0.05, 0) is 50.5 Å². The van der Waals surface area contributed by atoms with Crippen LogP contribution in [-0.2, 0) is 14.4 Å². The van der Waals surface area contributed by atoms with Crippen molar-refractivity contribution in [2.24, 2.45) is 0 Å². The number of benzene rings is 1. The van der Waals surface area contributed by atoms with Crippen LogP contribution in [0.25, 0.3) is 0 Å². The SMILES string of the molecule is CC(SCC(=O)Nc1ccc(F)cc1)C(=O)N1CCCC[C@@H]1C(=O)O. The van der Waals surface area contributed by atoms with Gasteiger partial charge in [0.25, 0.3) is 0 Å². The maximum Gasteiger partial charge on any atom is 0.326 e. The highest BCUT2D eigenvalue weighted by Gasteiger charge is 2.34. The van der Waals surface area contributed by atoms with E-state index in [1.165, 1.54) is 29.2 Å². The van der Waals surface area contributed by atoms with Gasteiger partial charge in [0.05, 0.1) is 11.0 Å². The number of amides is 2. The van der Waals surface area contributed by atoms with Gasteiger partial charge in [-0.2, -0.15) is 0 Å². The highest BCUT2D eigenvalue weighted by atomic mass is 32.2. The number of piperidine rings is 1. The van der Waals surface area contributed by atoms with Gasteiger partial charge in [-0.3, -0.25) is 9.59 Å². The van der Waals surface area contributed by atoms with Crippen LogP contribution < -0.4 is 5.32 Å². The largest absolute Gasteiger partial charge is 0.480 e. The van der Waals surface area contributed by atoms with Gasteiger partial charge in [0.15, 0.2) is 0 Å². The Morgan fingerprint density at radius 3 is 2.64 bits per heavy atom. The van der Waals surface area contributed by atoms with Crippen molar-refractivity contribution in [2.45, 2.75) is 37.5 Å². The molecule has 136 valence electrons. The molecule has 2 rings (SSSR count). The van der Waals surface area contributed by atoms with Crippen molar-refractivity contribution in [3.05, 3.63) is 30.1 Å². The van der Waals surface area contributed by atoms with Crippen LogP contribution in [0.4, 0.5) is 10.1 Å². The van der Waals surface area contributed by atoms with Gasteiger partial charge in [-0.25, -0.2) is 9.18 Å². The van der Waals surface area contributed by atoms with Crippen LogP contribution in [0.5, 0.6) is 0 Å². The molecule has 1 aliphatic heterocycles. The number of hydrogen-bond acceptors (Lipinski definition) is 4. The van der Waals surface area contributed by atoms with Crippen molar-refractivity contribution in [3.63, 3.8) is 0 Å². The summed E-state index contributed by atoms with van der Waals surface area (Å²) >= 11 is 1.15. The van der Waals surface area contributed by atoms with Gasteiger partial charge >= 0.3 is 5.97 Å². The molecule has 0 radical (unpaired) electrons. The van der Waals surface area contributed by atoms with E-state index in [2.05, 4.69) is 5.32 Å². The average Bonchev–Trinajstić information content (AvgIpc) is 2.61. The zero-order valence-electron chi connectivity index (χ0n) is 13.9. The first kappa shape index (κ1) is 19.2. The Balaban J connectivity index is 1.84. The molecule has 0 spiro atoms. The van der Waals surface area contributed by atoms with Crippen molar-refractivity contribution >= 4 is 35.2 Å². The summed E-state index contributed by atoms with van der Waals surface area (Å²) in [5.41, 5.74) is 0.480. The number of carbonyl (C=O) groups is 3. The predicted octanol–water partition coefficient (Wildman–Crippen LogP) is 2.35. The number of nitrogens with zero attached hydrogens (tertiary/aromatic N) is 1. The second-order valence-electron chi connectivity index (χ2n) is 5.89.